The van der Waals surface area contributed by atoms with E-state index in [4.69, 9.17) is 0 Å². The smallest absolute Gasteiger partial charge is 0.0704 e. The molecule has 0 spiro atoms. The van der Waals surface area contributed by atoms with Gasteiger partial charge in [0.05, 0.1) is 5.69 Å². The van der Waals surface area contributed by atoms with Crippen LogP contribution >= 0.6 is 11.3 Å². The molecule has 0 aliphatic carbocycles. The maximum absolute atomic E-state index is 4.48. The number of fused-ring (bicyclic) bond motifs is 3. The molecule has 1 nitrogen and oxygen atoms in total. The molecule has 0 radical (unpaired) electrons. The number of thiophene rings is 1. The number of hydrogen-bond acceptors (Lipinski definition) is 2. The van der Waals surface area contributed by atoms with E-state index in [1.807, 2.05) is 29.7 Å². The van der Waals surface area contributed by atoms with Crippen LogP contribution < -0.4 is 0 Å². The molecule has 4 aromatic rings. The van der Waals surface area contributed by atoms with Crippen LogP contribution in [-0.4, -0.2) is 4.98 Å². The van der Waals surface area contributed by atoms with Crippen molar-refractivity contribution in [1.29, 1.82) is 0 Å². The second-order valence-electron chi connectivity index (χ2n) is 4.98. The van der Waals surface area contributed by atoms with Gasteiger partial charge in [0.2, 0.25) is 0 Å². The number of hydrogen-bond donors (Lipinski definition) is 0. The third-order valence-corrected chi connectivity index (χ3v) is 4.80. The number of pyridine rings is 1. The summed E-state index contributed by atoms with van der Waals surface area (Å²) in [6.45, 7) is 2.16. The molecule has 4 rings (SSSR count). The molecule has 0 fully saturated rings. The van der Waals surface area contributed by atoms with Gasteiger partial charge < -0.3 is 0 Å². The van der Waals surface area contributed by atoms with E-state index < -0.39 is 0 Å². The minimum absolute atomic E-state index is 1.04. The highest BCUT2D eigenvalue weighted by atomic mass is 32.1. The van der Waals surface area contributed by atoms with Crippen LogP contribution in [0.4, 0.5) is 0 Å². The van der Waals surface area contributed by atoms with Gasteiger partial charge in [-0.15, -0.1) is 11.3 Å². The highest BCUT2D eigenvalue weighted by molar-refractivity contribution is 7.25. The molecular formula is C18H13NS. The minimum atomic E-state index is 1.04. The summed E-state index contributed by atoms with van der Waals surface area (Å²) in [4.78, 5) is 4.48. The molecule has 0 bridgehead atoms. The van der Waals surface area contributed by atoms with Crippen LogP contribution in [0.5, 0.6) is 0 Å². The van der Waals surface area contributed by atoms with Crippen LogP contribution in [0.2, 0.25) is 0 Å². The van der Waals surface area contributed by atoms with E-state index in [9.17, 15) is 0 Å². The van der Waals surface area contributed by atoms with Gasteiger partial charge in [0, 0.05) is 31.9 Å². The zero-order valence-corrected chi connectivity index (χ0v) is 11.9. The SMILES string of the molecule is Cc1cc2sc3ccccc3c2cc1-c1ccccn1. The Morgan fingerprint density at radius 3 is 2.55 bits per heavy atom. The Morgan fingerprint density at radius 2 is 1.70 bits per heavy atom. The van der Waals surface area contributed by atoms with Crippen molar-refractivity contribution in [2.24, 2.45) is 0 Å². The maximum atomic E-state index is 4.48. The zero-order chi connectivity index (χ0) is 13.5. The molecule has 20 heavy (non-hydrogen) atoms. The first-order valence-corrected chi connectivity index (χ1v) is 7.48. The number of rotatable bonds is 1. The van der Waals surface area contributed by atoms with E-state index in [0.717, 1.165) is 5.69 Å². The lowest BCUT2D eigenvalue weighted by Crippen LogP contribution is -1.85. The predicted molar refractivity (Wildman–Crippen MR) is 87.3 cm³/mol. The van der Waals surface area contributed by atoms with Crippen LogP contribution in [0.25, 0.3) is 31.4 Å². The minimum Gasteiger partial charge on any atom is -0.256 e. The van der Waals surface area contributed by atoms with Crippen LogP contribution in [-0.2, 0) is 0 Å². The zero-order valence-electron chi connectivity index (χ0n) is 11.1. The number of nitrogens with zero attached hydrogens (tertiary/aromatic N) is 1. The molecule has 2 aromatic carbocycles. The van der Waals surface area contributed by atoms with Crippen molar-refractivity contribution < 1.29 is 0 Å². The van der Waals surface area contributed by atoms with Crippen LogP contribution in [0.1, 0.15) is 5.56 Å². The molecule has 0 N–H and O–H groups in total. The fraction of sp³-hybridized carbons (Fsp3) is 0.0556. The summed E-state index contributed by atoms with van der Waals surface area (Å²) in [6, 6.07) is 19.2. The molecule has 0 unspecified atom stereocenters. The summed E-state index contributed by atoms with van der Waals surface area (Å²) < 4.78 is 2.70. The first-order valence-electron chi connectivity index (χ1n) is 6.66. The Kier molecular flexibility index (Phi) is 2.57. The van der Waals surface area contributed by atoms with Gasteiger partial charge in [0.25, 0.3) is 0 Å². The van der Waals surface area contributed by atoms with Crippen LogP contribution in [0.3, 0.4) is 0 Å². The molecule has 0 saturated heterocycles. The van der Waals surface area contributed by atoms with E-state index in [1.165, 1.54) is 31.3 Å². The summed E-state index contributed by atoms with van der Waals surface area (Å²) >= 11 is 1.86. The molecule has 0 aliphatic rings. The quantitative estimate of drug-likeness (QED) is 0.451. The molecule has 2 heterocycles. The molecule has 0 atom stereocenters. The summed E-state index contributed by atoms with van der Waals surface area (Å²) in [5, 5.41) is 2.67. The standard InChI is InChI=1S/C18H13NS/c1-12-10-18-15(13-6-2-3-8-17(13)20-18)11-14(12)16-7-4-5-9-19-16/h2-11H,1H3. The summed E-state index contributed by atoms with van der Waals surface area (Å²) in [7, 11) is 0. The third-order valence-electron chi connectivity index (χ3n) is 3.66. The maximum Gasteiger partial charge on any atom is 0.0704 e. The lowest BCUT2D eigenvalue weighted by molar-refractivity contribution is 1.31. The molecule has 2 aromatic heterocycles. The number of benzene rings is 2. The molecular weight excluding hydrogens is 262 g/mol. The lowest BCUT2D eigenvalue weighted by atomic mass is 10.0. The van der Waals surface area contributed by atoms with Crippen LogP contribution in [0.15, 0.2) is 60.8 Å². The third kappa shape index (κ3) is 1.73. The Balaban J connectivity index is 2.08. The Morgan fingerprint density at radius 1 is 0.850 bits per heavy atom. The monoisotopic (exact) mass is 275 g/mol. The molecule has 2 heteroatoms. The largest absolute Gasteiger partial charge is 0.256 e. The second-order valence-corrected chi connectivity index (χ2v) is 6.06. The van der Waals surface area contributed by atoms with Gasteiger partial charge in [0.1, 0.15) is 0 Å². The fourth-order valence-corrected chi connectivity index (χ4v) is 3.86. The molecule has 0 saturated carbocycles. The molecule has 96 valence electrons. The predicted octanol–water partition coefficient (Wildman–Crippen LogP) is 5.42. The topological polar surface area (TPSA) is 12.9 Å². The van der Waals surface area contributed by atoms with Gasteiger partial charge in [-0.25, -0.2) is 0 Å². The summed E-state index contributed by atoms with van der Waals surface area (Å²) in [6.07, 6.45) is 1.85. The van der Waals surface area contributed by atoms with Crippen molar-refractivity contribution in [2.45, 2.75) is 6.92 Å². The highest BCUT2D eigenvalue weighted by Crippen LogP contribution is 2.37. The number of aromatic nitrogens is 1. The van der Waals surface area contributed by atoms with Crippen LogP contribution in [0, 0.1) is 6.92 Å². The van der Waals surface area contributed by atoms with E-state index in [-0.39, 0.29) is 0 Å². The number of aryl methyl sites for hydroxylation is 1. The first kappa shape index (κ1) is 11.6. The Hall–Kier alpha value is -2.19. The average Bonchev–Trinajstić information content (AvgIpc) is 2.84. The summed E-state index contributed by atoms with van der Waals surface area (Å²) in [5.74, 6) is 0. The van der Waals surface area contributed by atoms with Crippen molar-refractivity contribution in [3.05, 3.63) is 66.4 Å². The lowest BCUT2D eigenvalue weighted by Gasteiger charge is -2.05. The van der Waals surface area contributed by atoms with Crippen molar-refractivity contribution in [3.8, 4) is 11.3 Å². The average molecular weight is 275 g/mol. The Bertz CT molecular complexity index is 907. The van der Waals surface area contributed by atoms with Gasteiger partial charge in [-0.2, -0.15) is 0 Å². The molecule has 0 aliphatic heterocycles. The first-order chi connectivity index (χ1) is 9.83. The second kappa shape index (κ2) is 4.43. The van der Waals surface area contributed by atoms with Crippen molar-refractivity contribution in [3.63, 3.8) is 0 Å². The van der Waals surface area contributed by atoms with Crippen molar-refractivity contribution in [1.82, 2.24) is 4.98 Å². The fourth-order valence-electron chi connectivity index (χ4n) is 2.67. The van der Waals surface area contributed by atoms with Gasteiger partial charge in [-0.3, -0.25) is 4.98 Å². The molecule has 0 amide bonds. The van der Waals surface area contributed by atoms with Gasteiger partial charge >= 0.3 is 0 Å². The van der Waals surface area contributed by atoms with Gasteiger partial charge in [-0.05, 0) is 42.8 Å². The Labute approximate surface area is 121 Å². The van der Waals surface area contributed by atoms with E-state index in [2.05, 4.69) is 54.4 Å². The normalized spacial score (nSPS) is 11.2. The van der Waals surface area contributed by atoms with Crippen molar-refractivity contribution in [2.75, 3.05) is 0 Å². The van der Waals surface area contributed by atoms with E-state index >= 15 is 0 Å². The van der Waals surface area contributed by atoms with Gasteiger partial charge in [0.15, 0.2) is 0 Å². The van der Waals surface area contributed by atoms with Gasteiger partial charge in [-0.1, -0.05) is 24.3 Å². The highest BCUT2D eigenvalue weighted by Gasteiger charge is 2.09. The van der Waals surface area contributed by atoms with E-state index in [1.54, 1.807) is 0 Å². The summed E-state index contributed by atoms with van der Waals surface area (Å²) in [5.41, 5.74) is 3.55. The van der Waals surface area contributed by atoms with Crippen molar-refractivity contribution >= 4 is 31.5 Å². The van der Waals surface area contributed by atoms with E-state index in [0.29, 0.717) is 0 Å².